The standard InChI is InChI=1S/C25H48N10O11/c1-24(2,3)46-23(36)31-25(22-44-17-14-41-18-19-45-35-34-28,20-42-15-12-39-10-8-37-6-4-29-32-26)21-43-16-13-40-11-9-38-7-5-30-33-27/h4-22H2,1-3H3,(H,31,36). The lowest BCUT2D eigenvalue weighted by Crippen LogP contribution is -2.59. The van der Waals surface area contributed by atoms with Gasteiger partial charge in [-0.05, 0) is 37.4 Å². The summed E-state index contributed by atoms with van der Waals surface area (Å²) in [5, 5.41) is 12.6. The van der Waals surface area contributed by atoms with Crippen LogP contribution >= 0.6 is 0 Å². The summed E-state index contributed by atoms with van der Waals surface area (Å²) in [5.74, 6) is 0. The Hall–Kier alpha value is -3.32. The maximum atomic E-state index is 12.8. The van der Waals surface area contributed by atoms with Crippen LogP contribution in [0.5, 0.6) is 0 Å². The number of hydrogen-bond acceptors (Lipinski definition) is 14. The first kappa shape index (κ1) is 42.7. The number of carbonyl (C=O) groups excluding carboxylic acids is 1. The van der Waals surface area contributed by atoms with Gasteiger partial charge in [-0.3, -0.25) is 0 Å². The summed E-state index contributed by atoms with van der Waals surface area (Å²) in [5.41, 5.74) is 22.8. The molecule has 0 aliphatic carbocycles. The number of ether oxygens (including phenoxy) is 9. The number of alkyl carbamates (subject to hydrolysis) is 1. The van der Waals surface area contributed by atoms with Crippen LogP contribution in [0.1, 0.15) is 20.8 Å². The van der Waals surface area contributed by atoms with Crippen LogP contribution in [-0.4, -0.2) is 143 Å². The second-order valence-electron chi connectivity index (χ2n) is 10.0. The molecule has 21 heteroatoms. The molecule has 21 nitrogen and oxygen atoms in total. The molecule has 0 heterocycles. The Labute approximate surface area is 268 Å². The van der Waals surface area contributed by atoms with Gasteiger partial charge in [-0.1, -0.05) is 10.2 Å². The molecule has 0 aromatic heterocycles. The van der Waals surface area contributed by atoms with Crippen molar-refractivity contribution in [2.45, 2.75) is 31.9 Å². The van der Waals surface area contributed by atoms with Crippen LogP contribution in [0, 0.1) is 0 Å². The molecule has 0 spiro atoms. The highest BCUT2D eigenvalue weighted by Gasteiger charge is 2.35. The van der Waals surface area contributed by atoms with Gasteiger partial charge in [0.25, 0.3) is 0 Å². The highest BCUT2D eigenvalue weighted by Crippen LogP contribution is 2.13. The van der Waals surface area contributed by atoms with E-state index in [1.807, 2.05) is 0 Å². The van der Waals surface area contributed by atoms with Crippen LogP contribution in [0.25, 0.3) is 31.3 Å². The van der Waals surface area contributed by atoms with Crippen molar-refractivity contribution >= 4 is 6.09 Å². The van der Waals surface area contributed by atoms with Gasteiger partial charge in [-0.2, -0.15) is 0 Å². The molecule has 0 aliphatic heterocycles. The van der Waals surface area contributed by atoms with Gasteiger partial charge in [0, 0.05) is 27.8 Å². The largest absolute Gasteiger partial charge is 0.444 e. The molecule has 0 radical (unpaired) electrons. The zero-order valence-electron chi connectivity index (χ0n) is 27.0. The molecule has 0 saturated heterocycles. The summed E-state index contributed by atoms with van der Waals surface area (Å²) < 4.78 is 50.0. The summed E-state index contributed by atoms with van der Waals surface area (Å²) in [4.78, 5) is 25.2. The van der Waals surface area contributed by atoms with Crippen LogP contribution in [0.4, 0.5) is 4.79 Å². The molecule has 0 atom stereocenters. The molecule has 0 aromatic rings. The lowest BCUT2D eigenvalue weighted by atomic mass is 10.0. The molecule has 0 unspecified atom stereocenters. The Bertz CT molecular complexity index is 872. The Morgan fingerprint density at radius 1 is 0.565 bits per heavy atom. The monoisotopic (exact) mass is 664 g/mol. The summed E-state index contributed by atoms with van der Waals surface area (Å²) in [6.07, 6.45) is -0.682. The van der Waals surface area contributed by atoms with E-state index in [-0.39, 0.29) is 85.8 Å². The minimum absolute atomic E-state index is 0.000988. The number of hydrogen-bond donors (Lipinski definition) is 1. The van der Waals surface area contributed by atoms with Gasteiger partial charge >= 0.3 is 6.09 Å². The molecular weight excluding hydrogens is 616 g/mol. The van der Waals surface area contributed by atoms with E-state index in [9.17, 15) is 4.79 Å². The Morgan fingerprint density at radius 3 is 1.30 bits per heavy atom. The van der Waals surface area contributed by atoms with Crippen molar-refractivity contribution in [3.8, 4) is 0 Å². The first-order valence-electron chi connectivity index (χ1n) is 14.6. The zero-order chi connectivity index (χ0) is 34.0. The van der Waals surface area contributed by atoms with E-state index in [0.29, 0.717) is 39.6 Å². The highest BCUT2D eigenvalue weighted by molar-refractivity contribution is 5.69. The minimum atomic E-state index is -1.15. The van der Waals surface area contributed by atoms with E-state index in [4.69, 9.17) is 59.2 Å². The molecule has 264 valence electrons. The van der Waals surface area contributed by atoms with Crippen LogP contribution in [-0.2, 0) is 47.5 Å². The van der Waals surface area contributed by atoms with Crippen molar-refractivity contribution in [3.05, 3.63) is 31.3 Å². The minimum Gasteiger partial charge on any atom is -0.444 e. The molecule has 0 fully saturated rings. The number of azide groups is 3. The quantitative estimate of drug-likeness (QED) is 0.0358. The second kappa shape index (κ2) is 30.3. The zero-order valence-corrected chi connectivity index (χ0v) is 27.0. The molecule has 0 bridgehead atoms. The van der Waals surface area contributed by atoms with Crippen molar-refractivity contribution in [3.63, 3.8) is 0 Å². The normalized spacial score (nSPS) is 12.2. The van der Waals surface area contributed by atoms with Crippen molar-refractivity contribution in [1.82, 2.24) is 5.32 Å². The van der Waals surface area contributed by atoms with E-state index < -0.39 is 17.2 Å². The van der Waals surface area contributed by atoms with Gasteiger partial charge in [-0.15, -0.1) is 0 Å². The number of nitrogens with one attached hydrogen (secondary N) is 1. The van der Waals surface area contributed by atoms with E-state index >= 15 is 0 Å². The van der Waals surface area contributed by atoms with E-state index in [1.165, 1.54) is 0 Å². The fourth-order valence-corrected chi connectivity index (χ4v) is 3.12. The van der Waals surface area contributed by atoms with Crippen LogP contribution in [0.3, 0.4) is 0 Å². The van der Waals surface area contributed by atoms with Crippen LogP contribution in [0.2, 0.25) is 0 Å². The van der Waals surface area contributed by atoms with Gasteiger partial charge in [-0.25, -0.2) is 4.79 Å². The van der Waals surface area contributed by atoms with Gasteiger partial charge in [0.1, 0.15) is 23.0 Å². The summed E-state index contributed by atoms with van der Waals surface area (Å²) >= 11 is 0. The fraction of sp³-hybridized carbons (Fsp3) is 0.960. The lowest BCUT2D eigenvalue weighted by molar-refractivity contribution is -0.0681. The van der Waals surface area contributed by atoms with Gasteiger partial charge in [0.15, 0.2) is 0 Å². The van der Waals surface area contributed by atoms with Crippen LogP contribution < -0.4 is 5.32 Å². The molecule has 1 N–H and O–H groups in total. The number of rotatable bonds is 32. The average Bonchev–Trinajstić information content (AvgIpc) is 3.00. The third-order valence-electron chi connectivity index (χ3n) is 4.97. The number of amides is 1. The van der Waals surface area contributed by atoms with Crippen molar-refractivity contribution in [2.24, 2.45) is 15.5 Å². The maximum absolute atomic E-state index is 12.8. The van der Waals surface area contributed by atoms with E-state index in [0.717, 1.165) is 0 Å². The smallest absolute Gasteiger partial charge is 0.408 e. The Morgan fingerprint density at radius 2 is 0.935 bits per heavy atom. The predicted molar refractivity (Wildman–Crippen MR) is 162 cm³/mol. The van der Waals surface area contributed by atoms with E-state index in [1.54, 1.807) is 20.8 Å². The molecule has 0 aliphatic rings. The van der Waals surface area contributed by atoms with Crippen LogP contribution in [0.15, 0.2) is 15.5 Å². The van der Waals surface area contributed by atoms with Gasteiger partial charge in [0.2, 0.25) is 0 Å². The van der Waals surface area contributed by atoms with Crippen molar-refractivity contribution < 1.29 is 52.3 Å². The number of carbonyl (C=O) groups is 1. The molecule has 1 amide bonds. The number of nitrogens with zero attached hydrogens (tertiary/aromatic N) is 9. The third kappa shape index (κ3) is 29.4. The molecule has 0 aromatic carbocycles. The van der Waals surface area contributed by atoms with Gasteiger partial charge < -0.3 is 52.8 Å². The third-order valence-corrected chi connectivity index (χ3v) is 4.97. The highest BCUT2D eigenvalue weighted by atomic mass is 16.7. The molecule has 0 saturated carbocycles. The summed E-state index contributed by atoms with van der Waals surface area (Å²) in [6, 6.07) is 0. The lowest BCUT2D eigenvalue weighted by Gasteiger charge is -2.35. The van der Waals surface area contributed by atoms with Crippen molar-refractivity contribution in [2.75, 3.05) is 125 Å². The first-order chi connectivity index (χ1) is 22.3. The Kier molecular flexibility index (Phi) is 28.2. The Balaban J connectivity index is 5.00. The van der Waals surface area contributed by atoms with Gasteiger partial charge in [0.05, 0.1) is 106 Å². The second-order valence-corrected chi connectivity index (χ2v) is 10.0. The summed E-state index contributed by atoms with van der Waals surface area (Å²) in [6.45, 7) is 9.19. The van der Waals surface area contributed by atoms with Crippen molar-refractivity contribution in [1.29, 1.82) is 0 Å². The topological polar surface area (TPSA) is 268 Å². The molecule has 0 rings (SSSR count). The predicted octanol–water partition coefficient (Wildman–Crippen LogP) is 3.25. The maximum Gasteiger partial charge on any atom is 0.408 e. The fourth-order valence-electron chi connectivity index (χ4n) is 3.12. The SMILES string of the molecule is CC(C)(C)OC(=O)NC(COCCOCCOCCN=[N+]=[N-])(COCCOCCOCCN=[N+]=[N-])COCCOCCON=[N+]=[N-]. The summed E-state index contributed by atoms with van der Waals surface area (Å²) in [7, 11) is 0. The average molecular weight is 665 g/mol. The first-order valence-corrected chi connectivity index (χ1v) is 14.6. The molecular formula is C25H48N10O11. The van der Waals surface area contributed by atoms with E-state index in [2.05, 4.69) is 40.4 Å². The molecule has 46 heavy (non-hydrogen) atoms.